The fourth-order valence-corrected chi connectivity index (χ4v) is 2.50. The van der Waals surface area contributed by atoms with E-state index in [1.54, 1.807) is 37.5 Å². The number of benzene rings is 2. The predicted molar refractivity (Wildman–Crippen MR) is 92.1 cm³/mol. The molecule has 2 aromatic carbocycles. The second-order valence-electron chi connectivity index (χ2n) is 5.39. The van der Waals surface area contributed by atoms with E-state index < -0.39 is 12.6 Å². The second kappa shape index (κ2) is 7.18. The molecule has 0 aromatic heterocycles. The molecule has 26 heavy (non-hydrogen) atoms. The van der Waals surface area contributed by atoms with E-state index in [2.05, 4.69) is 0 Å². The van der Waals surface area contributed by atoms with Crippen LogP contribution < -0.4 is 18.9 Å². The highest BCUT2D eigenvalue weighted by molar-refractivity contribution is 6.14. The first-order valence-electron chi connectivity index (χ1n) is 7.66. The number of ketones is 1. The van der Waals surface area contributed by atoms with Crippen molar-refractivity contribution in [3.8, 4) is 23.0 Å². The van der Waals surface area contributed by atoms with Crippen molar-refractivity contribution in [2.24, 2.45) is 0 Å². The monoisotopic (exact) mass is 356 g/mol. The van der Waals surface area contributed by atoms with Crippen LogP contribution in [-0.4, -0.2) is 37.7 Å². The molecule has 0 bridgehead atoms. The average Bonchev–Trinajstić information content (AvgIpc) is 2.95. The number of carbonyl (C=O) groups excluding carboxylic acids is 1. The van der Waals surface area contributed by atoms with E-state index in [0.717, 1.165) is 0 Å². The van der Waals surface area contributed by atoms with E-state index in [1.165, 1.54) is 19.2 Å². The molecule has 3 rings (SSSR count). The van der Waals surface area contributed by atoms with Crippen LogP contribution in [0.15, 0.2) is 42.2 Å². The number of fused-ring (bicyclic) bond motifs is 1. The van der Waals surface area contributed by atoms with E-state index in [1.807, 2.05) is 0 Å². The summed E-state index contributed by atoms with van der Waals surface area (Å²) >= 11 is 0. The van der Waals surface area contributed by atoms with Crippen LogP contribution in [0.5, 0.6) is 23.0 Å². The summed E-state index contributed by atoms with van der Waals surface area (Å²) in [6.07, 6.45) is 1.60. The lowest BCUT2D eigenvalue weighted by atomic mass is 10.1. The quantitative estimate of drug-likeness (QED) is 0.796. The number of carboxylic acid groups (broad SMARTS) is 1. The van der Waals surface area contributed by atoms with Crippen LogP contribution in [0.25, 0.3) is 6.08 Å². The third-order valence-corrected chi connectivity index (χ3v) is 3.71. The molecule has 0 fully saturated rings. The average molecular weight is 356 g/mol. The lowest BCUT2D eigenvalue weighted by Crippen LogP contribution is -2.09. The topological polar surface area (TPSA) is 91.3 Å². The van der Waals surface area contributed by atoms with Gasteiger partial charge < -0.3 is 24.1 Å². The molecule has 7 heteroatoms. The maximum Gasteiger partial charge on any atom is 0.341 e. The Bertz CT molecular complexity index is 899. The first kappa shape index (κ1) is 17.3. The number of carbonyl (C=O) groups is 2. The highest BCUT2D eigenvalue weighted by atomic mass is 16.5. The van der Waals surface area contributed by atoms with E-state index in [-0.39, 0.29) is 11.5 Å². The van der Waals surface area contributed by atoms with Gasteiger partial charge in [-0.05, 0) is 35.9 Å². The Kier molecular flexibility index (Phi) is 4.79. The molecule has 0 saturated heterocycles. The molecule has 2 aromatic rings. The molecule has 1 aliphatic heterocycles. The van der Waals surface area contributed by atoms with Crippen molar-refractivity contribution in [2.45, 2.75) is 0 Å². The SMILES string of the molecule is COc1ccc(/C=C2\Oc3cc(OCC(=O)O)ccc3C2=O)cc1OC. The zero-order valence-corrected chi connectivity index (χ0v) is 14.1. The largest absolute Gasteiger partial charge is 0.493 e. The van der Waals surface area contributed by atoms with Gasteiger partial charge in [-0.3, -0.25) is 4.79 Å². The summed E-state index contributed by atoms with van der Waals surface area (Å²) in [4.78, 5) is 23.0. The Labute approximate surface area is 149 Å². The Balaban J connectivity index is 1.85. The number of aliphatic carboxylic acids is 1. The Morgan fingerprint density at radius 1 is 1.12 bits per heavy atom. The van der Waals surface area contributed by atoms with Crippen LogP contribution >= 0.6 is 0 Å². The van der Waals surface area contributed by atoms with Gasteiger partial charge in [0, 0.05) is 6.07 Å². The summed E-state index contributed by atoms with van der Waals surface area (Å²) in [7, 11) is 3.07. The zero-order chi connectivity index (χ0) is 18.7. The van der Waals surface area contributed by atoms with Crippen LogP contribution in [0, 0.1) is 0 Å². The molecule has 0 spiro atoms. The van der Waals surface area contributed by atoms with Crippen molar-refractivity contribution in [2.75, 3.05) is 20.8 Å². The maximum atomic E-state index is 12.5. The van der Waals surface area contributed by atoms with E-state index in [0.29, 0.717) is 34.1 Å². The summed E-state index contributed by atoms with van der Waals surface area (Å²) in [5, 5.41) is 8.66. The molecule has 0 unspecified atom stereocenters. The number of hydrogen-bond donors (Lipinski definition) is 1. The number of carboxylic acids is 1. The van der Waals surface area contributed by atoms with Crippen LogP contribution in [0.1, 0.15) is 15.9 Å². The molecule has 1 N–H and O–H groups in total. The minimum Gasteiger partial charge on any atom is -0.493 e. The summed E-state index contributed by atoms with van der Waals surface area (Å²) in [5.74, 6) is 0.556. The van der Waals surface area contributed by atoms with E-state index in [4.69, 9.17) is 24.1 Å². The van der Waals surface area contributed by atoms with E-state index >= 15 is 0 Å². The molecular formula is C19H16O7. The van der Waals surface area contributed by atoms with Crippen LogP contribution in [0.3, 0.4) is 0 Å². The number of methoxy groups -OCH3 is 2. The first-order valence-corrected chi connectivity index (χ1v) is 7.66. The van der Waals surface area contributed by atoms with Gasteiger partial charge >= 0.3 is 5.97 Å². The molecule has 0 radical (unpaired) electrons. The fourth-order valence-electron chi connectivity index (χ4n) is 2.50. The first-order chi connectivity index (χ1) is 12.5. The molecule has 134 valence electrons. The normalized spacial score (nSPS) is 13.9. The molecule has 0 aliphatic carbocycles. The lowest BCUT2D eigenvalue weighted by molar-refractivity contribution is -0.139. The van der Waals surface area contributed by atoms with Crippen molar-refractivity contribution in [3.63, 3.8) is 0 Å². The highest BCUT2D eigenvalue weighted by Crippen LogP contribution is 2.35. The molecular weight excluding hydrogens is 340 g/mol. The summed E-state index contributed by atoms with van der Waals surface area (Å²) in [6, 6.07) is 9.80. The zero-order valence-electron chi connectivity index (χ0n) is 14.1. The van der Waals surface area contributed by atoms with Crippen molar-refractivity contribution >= 4 is 17.8 Å². The van der Waals surface area contributed by atoms with Crippen molar-refractivity contribution in [3.05, 3.63) is 53.3 Å². The highest BCUT2D eigenvalue weighted by Gasteiger charge is 2.28. The second-order valence-corrected chi connectivity index (χ2v) is 5.39. The van der Waals surface area contributed by atoms with E-state index in [9.17, 15) is 9.59 Å². The number of hydrogen-bond acceptors (Lipinski definition) is 6. The van der Waals surface area contributed by atoms with Gasteiger partial charge in [0.25, 0.3) is 0 Å². The van der Waals surface area contributed by atoms with Gasteiger partial charge in [-0.1, -0.05) is 6.07 Å². The Morgan fingerprint density at radius 2 is 1.88 bits per heavy atom. The van der Waals surface area contributed by atoms with Crippen molar-refractivity contribution in [1.29, 1.82) is 0 Å². The number of Topliss-reactive ketones (excluding diaryl/α,β-unsaturated/α-hetero) is 1. The standard InChI is InChI=1S/C19H16O7/c1-23-14-6-3-11(7-16(14)24-2)8-17-19(22)13-5-4-12(9-15(13)26-17)25-10-18(20)21/h3-9H,10H2,1-2H3,(H,20,21)/b17-8-. The Morgan fingerprint density at radius 3 is 2.58 bits per heavy atom. The molecule has 7 nitrogen and oxygen atoms in total. The number of rotatable bonds is 6. The maximum absolute atomic E-state index is 12.5. The van der Waals surface area contributed by atoms with Gasteiger partial charge in [0.05, 0.1) is 19.8 Å². The smallest absolute Gasteiger partial charge is 0.341 e. The van der Waals surface area contributed by atoms with Crippen molar-refractivity contribution in [1.82, 2.24) is 0 Å². The third-order valence-electron chi connectivity index (χ3n) is 3.71. The molecule has 1 aliphatic rings. The minimum atomic E-state index is -1.09. The summed E-state index contributed by atoms with van der Waals surface area (Å²) in [6.45, 7) is -0.471. The molecule has 0 amide bonds. The minimum absolute atomic E-state index is 0.155. The third kappa shape index (κ3) is 3.46. The number of allylic oxidation sites excluding steroid dienone is 1. The molecule has 0 saturated carbocycles. The van der Waals surface area contributed by atoms with Crippen LogP contribution in [-0.2, 0) is 4.79 Å². The van der Waals surface area contributed by atoms with Gasteiger partial charge in [0.2, 0.25) is 5.78 Å². The number of ether oxygens (including phenoxy) is 4. The van der Waals surface area contributed by atoms with Crippen molar-refractivity contribution < 1.29 is 33.6 Å². The fraction of sp³-hybridized carbons (Fsp3) is 0.158. The lowest BCUT2D eigenvalue weighted by Gasteiger charge is -2.08. The molecule has 1 heterocycles. The molecule has 0 atom stereocenters. The Hall–Kier alpha value is -3.48. The van der Waals surface area contributed by atoms with Crippen LogP contribution in [0.2, 0.25) is 0 Å². The van der Waals surface area contributed by atoms with Gasteiger partial charge in [-0.2, -0.15) is 0 Å². The van der Waals surface area contributed by atoms with Gasteiger partial charge in [-0.15, -0.1) is 0 Å². The predicted octanol–water partition coefficient (Wildman–Crippen LogP) is 2.78. The van der Waals surface area contributed by atoms with Gasteiger partial charge in [0.1, 0.15) is 11.5 Å². The van der Waals surface area contributed by atoms with Crippen LogP contribution in [0.4, 0.5) is 0 Å². The summed E-state index contributed by atoms with van der Waals surface area (Å²) in [5.41, 5.74) is 1.10. The van der Waals surface area contributed by atoms with Gasteiger partial charge in [0.15, 0.2) is 23.9 Å². The van der Waals surface area contributed by atoms with Gasteiger partial charge in [-0.25, -0.2) is 4.79 Å². The summed E-state index contributed by atoms with van der Waals surface area (Å²) < 4.78 is 21.1.